The Hall–Kier alpha value is -3.90. The second-order valence-electron chi connectivity index (χ2n) is 13.2. The number of halogens is 1. The van der Waals surface area contributed by atoms with Crippen molar-refractivity contribution in [3.63, 3.8) is 0 Å². The normalized spacial score (nSPS) is 22.0. The maximum Gasteiger partial charge on any atom is 0.309 e. The van der Waals surface area contributed by atoms with Crippen LogP contribution in [0.5, 0.6) is 0 Å². The average Bonchev–Trinajstić information content (AvgIpc) is 3.37. The number of hydrogen-bond donors (Lipinski definition) is 1. The van der Waals surface area contributed by atoms with E-state index in [4.69, 9.17) is 16.3 Å². The lowest BCUT2D eigenvalue weighted by Gasteiger charge is -2.28. The molecule has 0 bridgehead atoms. The standard InChI is InChI=1S/C38H43ClN2O4/c1-6-26-23-27(15-17-33-37(2,3)29-11-7-9-13-31(29)40(33)20-19-35(43)44)36(39)28(24-26)16-18-34-38(4,5)30-12-8-10-14-32(30)41(34)21-22-45-25-42/h7-18,25-26H,6,19-24H2,1-5H3/p+1. The van der Waals surface area contributed by atoms with E-state index in [1.54, 1.807) is 0 Å². The summed E-state index contributed by atoms with van der Waals surface area (Å²) in [6.45, 7) is 12.9. The van der Waals surface area contributed by atoms with Crippen LogP contribution < -0.4 is 4.90 Å². The largest absolute Gasteiger partial charge is 0.481 e. The third kappa shape index (κ3) is 6.30. The summed E-state index contributed by atoms with van der Waals surface area (Å²) in [5.74, 6) is -0.346. The number of allylic oxidation sites excluding steroid dienone is 8. The van der Waals surface area contributed by atoms with Crippen molar-refractivity contribution in [2.75, 3.05) is 24.6 Å². The number of carboxylic acid groups (broad SMARTS) is 1. The lowest BCUT2D eigenvalue weighted by Crippen LogP contribution is -2.29. The lowest BCUT2D eigenvalue weighted by atomic mass is 9.80. The average molecular weight is 628 g/mol. The van der Waals surface area contributed by atoms with Crippen LogP contribution in [0.1, 0.15) is 71.4 Å². The Bertz CT molecular complexity index is 1640. The predicted octanol–water partition coefficient (Wildman–Crippen LogP) is 8.19. The van der Waals surface area contributed by atoms with Crippen LogP contribution in [-0.2, 0) is 25.2 Å². The summed E-state index contributed by atoms with van der Waals surface area (Å²) in [7, 11) is 0. The first-order valence-electron chi connectivity index (χ1n) is 15.9. The van der Waals surface area contributed by atoms with Gasteiger partial charge in [0.1, 0.15) is 13.0 Å². The van der Waals surface area contributed by atoms with Crippen LogP contribution in [0.4, 0.5) is 11.4 Å². The molecule has 2 aromatic carbocycles. The van der Waals surface area contributed by atoms with Crippen molar-refractivity contribution in [1.29, 1.82) is 0 Å². The molecule has 7 heteroatoms. The van der Waals surface area contributed by atoms with Gasteiger partial charge in [-0.05, 0) is 61.5 Å². The topological polar surface area (TPSA) is 69.8 Å². The van der Waals surface area contributed by atoms with E-state index in [2.05, 4.69) is 98.7 Å². The van der Waals surface area contributed by atoms with Crippen molar-refractivity contribution in [3.8, 4) is 0 Å². The highest BCUT2D eigenvalue weighted by atomic mass is 35.5. The van der Waals surface area contributed by atoms with Crippen molar-refractivity contribution in [2.45, 2.75) is 71.1 Å². The van der Waals surface area contributed by atoms with Crippen LogP contribution in [-0.4, -0.2) is 47.5 Å². The molecule has 1 unspecified atom stereocenters. The summed E-state index contributed by atoms with van der Waals surface area (Å²) >= 11 is 7.20. The molecule has 0 spiro atoms. The third-order valence-corrected chi connectivity index (χ3v) is 10.2. The Labute approximate surface area is 272 Å². The molecule has 0 aromatic heterocycles. The van der Waals surface area contributed by atoms with E-state index in [1.165, 1.54) is 11.1 Å². The first kappa shape index (κ1) is 32.5. The van der Waals surface area contributed by atoms with E-state index in [9.17, 15) is 14.7 Å². The zero-order valence-electron chi connectivity index (χ0n) is 27.0. The van der Waals surface area contributed by atoms with Crippen molar-refractivity contribution in [2.24, 2.45) is 5.92 Å². The van der Waals surface area contributed by atoms with Gasteiger partial charge in [-0.2, -0.15) is 4.58 Å². The second-order valence-corrected chi connectivity index (χ2v) is 13.6. The number of benzene rings is 2. The Morgan fingerprint density at radius 3 is 2.44 bits per heavy atom. The van der Waals surface area contributed by atoms with Crippen LogP contribution in [0.2, 0.25) is 0 Å². The SMILES string of the molecule is CCC1CC(=CC=C2N(CCOC=O)c3ccccc3C2(C)C)C(Cl)=C(C=CC2=[N+](CCC(=O)O)c3ccccc3C2(C)C)C1. The minimum Gasteiger partial charge on any atom is -0.481 e. The van der Waals surface area contributed by atoms with Gasteiger partial charge in [0.15, 0.2) is 12.3 Å². The summed E-state index contributed by atoms with van der Waals surface area (Å²) in [4.78, 5) is 24.7. The first-order chi connectivity index (χ1) is 21.5. The summed E-state index contributed by atoms with van der Waals surface area (Å²) in [5.41, 5.74) is 8.55. The van der Waals surface area contributed by atoms with Gasteiger partial charge in [0.2, 0.25) is 5.69 Å². The molecule has 6 nitrogen and oxygen atoms in total. The number of rotatable bonds is 11. The monoisotopic (exact) mass is 627 g/mol. The number of nitrogens with zero attached hydrogens (tertiary/aromatic N) is 2. The summed E-state index contributed by atoms with van der Waals surface area (Å²) in [6.07, 6.45) is 11.6. The van der Waals surface area contributed by atoms with E-state index >= 15 is 0 Å². The summed E-state index contributed by atoms with van der Waals surface area (Å²) < 4.78 is 7.24. The van der Waals surface area contributed by atoms with Crippen LogP contribution in [0, 0.1) is 5.92 Å². The van der Waals surface area contributed by atoms with Gasteiger partial charge in [-0.25, -0.2) is 0 Å². The molecular weight excluding hydrogens is 584 g/mol. The van der Waals surface area contributed by atoms with Crippen molar-refractivity contribution >= 4 is 41.1 Å². The summed E-state index contributed by atoms with van der Waals surface area (Å²) in [5, 5.41) is 10.2. The molecule has 1 atom stereocenters. The molecular formula is C38H44ClN2O4+. The smallest absolute Gasteiger partial charge is 0.309 e. The molecule has 0 saturated heterocycles. The number of ether oxygens (including phenoxy) is 1. The number of para-hydroxylation sites is 2. The molecule has 0 radical (unpaired) electrons. The number of carbonyl (C=O) groups is 2. The Morgan fingerprint density at radius 1 is 1.02 bits per heavy atom. The molecule has 2 aromatic rings. The van der Waals surface area contributed by atoms with Gasteiger partial charge >= 0.3 is 5.97 Å². The quantitative estimate of drug-likeness (QED) is 0.155. The van der Waals surface area contributed by atoms with Crippen LogP contribution in [0.25, 0.3) is 0 Å². The van der Waals surface area contributed by atoms with Gasteiger partial charge in [0.25, 0.3) is 6.47 Å². The minimum atomic E-state index is -0.809. The van der Waals surface area contributed by atoms with E-state index in [1.807, 2.05) is 18.2 Å². The van der Waals surface area contributed by atoms with Gasteiger partial charge in [0.05, 0.1) is 12.0 Å². The zero-order chi connectivity index (χ0) is 32.4. The number of fused-ring (bicyclic) bond motifs is 2. The molecule has 5 rings (SSSR count). The van der Waals surface area contributed by atoms with Gasteiger partial charge in [-0.1, -0.05) is 87.3 Å². The molecule has 0 fully saturated rings. The molecule has 2 aliphatic heterocycles. The molecule has 236 valence electrons. The predicted molar refractivity (Wildman–Crippen MR) is 182 cm³/mol. The van der Waals surface area contributed by atoms with Crippen molar-refractivity contribution in [3.05, 3.63) is 106 Å². The number of aliphatic carboxylic acids is 1. The molecule has 2 heterocycles. The molecule has 1 aliphatic carbocycles. The highest BCUT2D eigenvalue weighted by Crippen LogP contribution is 2.48. The fraction of sp³-hybridized carbons (Fsp3) is 0.395. The Balaban J connectivity index is 1.53. The number of carbonyl (C=O) groups excluding carboxylic acids is 1. The lowest BCUT2D eigenvalue weighted by molar-refractivity contribution is -0.436. The van der Waals surface area contributed by atoms with E-state index in [0.29, 0.717) is 32.1 Å². The molecule has 0 amide bonds. The van der Waals surface area contributed by atoms with Gasteiger partial charge in [0, 0.05) is 39.5 Å². The van der Waals surface area contributed by atoms with Crippen LogP contribution in [0.3, 0.4) is 0 Å². The van der Waals surface area contributed by atoms with Crippen LogP contribution >= 0.6 is 11.6 Å². The molecule has 45 heavy (non-hydrogen) atoms. The van der Waals surface area contributed by atoms with E-state index < -0.39 is 5.97 Å². The number of carboxylic acids is 1. The van der Waals surface area contributed by atoms with Crippen molar-refractivity contribution < 1.29 is 24.0 Å². The Kier molecular flexibility index (Phi) is 9.54. The molecule has 0 saturated carbocycles. The van der Waals surface area contributed by atoms with Gasteiger partial charge in [-0.3, -0.25) is 9.59 Å². The Morgan fingerprint density at radius 2 is 1.73 bits per heavy atom. The second kappa shape index (κ2) is 13.2. The zero-order valence-corrected chi connectivity index (χ0v) is 27.7. The maximum atomic E-state index is 11.5. The highest BCUT2D eigenvalue weighted by molar-refractivity contribution is 6.32. The van der Waals surface area contributed by atoms with E-state index in [0.717, 1.165) is 58.2 Å². The molecule has 3 aliphatic rings. The number of hydrogen-bond acceptors (Lipinski definition) is 4. The third-order valence-electron chi connectivity index (χ3n) is 9.69. The summed E-state index contributed by atoms with van der Waals surface area (Å²) in [6, 6.07) is 16.7. The van der Waals surface area contributed by atoms with Gasteiger partial charge in [-0.15, -0.1) is 0 Å². The van der Waals surface area contributed by atoms with E-state index in [-0.39, 0.29) is 17.3 Å². The number of anilines is 1. The molecule has 1 N–H and O–H groups in total. The fourth-order valence-corrected chi connectivity index (χ4v) is 7.45. The fourth-order valence-electron chi connectivity index (χ4n) is 7.17. The minimum absolute atomic E-state index is 0.0587. The maximum absolute atomic E-state index is 11.5. The first-order valence-corrected chi connectivity index (χ1v) is 16.3. The van der Waals surface area contributed by atoms with Gasteiger partial charge < -0.3 is 14.7 Å². The van der Waals surface area contributed by atoms with Crippen LogP contribution in [0.15, 0.2) is 94.7 Å². The van der Waals surface area contributed by atoms with Crippen molar-refractivity contribution in [1.82, 2.24) is 0 Å². The highest BCUT2D eigenvalue weighted by Gasteiger charge is 2.44.